The summed E-state index contributed by atoms with van der Waals surface area (Å²) in [5.41, 5.74) is 1.27. The molecule has 0 amide bonds. The summed E-state index contributed by atoms with van der Waals surface area (Å²) in [4.78, 5) is 11.6. The summed E-state index contributed by atoms with van der Waals surface area (Å²) in [6, 6.07) is 10.3. The van der Waals surface area contributed by atoms with Crippen LogP contribution in [0.1, 0.15) is 19.4 Å². The van der Waals surface area contributed by atoms with E-state index in [1.165, 1.54) is 12.7 Å². The first-order valence-electron chi connectivity index (χ1n) is 6.09. The van der Waals surface area contributed by atoms with E-state index in [1.54, 1.807) is 11.8 Å². The van der Waals surface area contributed by atoms with Gasteiger partial charge in [0.15, 0.2) is 0 Å². The van der Waals surface area contributed by atoms with Crippen molar-refractivity contribution in [2.75, 3.05) is 12.9 Å². The fraction of sp³-hybridized carbons (Fsp3) is 0.500. The maximum absolute atomic E-state index is 11.6. The molecule has 1 aromatic carbocycles. The summed E-state index contributed by atoms with van der Waals surface area (Å²) in [5, 5.41) is 3.22. The third-order valence-electron chi connectivity index (χ3n) is 2.42. The van der Waals surface area contributed by atoms with Crippen LogP contribution in [0.4, 0.5) is 0 Å². The molecule has 0 radical (unpaired) electrons. The van der Waals surface area contributed by atoms with E-state index in [1.807, 2.05) is 32.0 Å². The predicted octanol–water partition coefficient (Wildman–Crippen LogP) is 2.46. The van der Waals surface area contributed by atoms with Crippen molar-refractivity contribution in [3.8, 4) is 0 Å². The van der Waals surface area contributed by atoms with Crippen LogP contribution in [-0.4, -0.2) is 30.9 Å². The molecule has 1 unspecified atom stereocenters. The van der Waals surface area contributed by atoms with Crippen LogP contribution in [0.15, 0.2) is 30.3 Å². The number of carbonyl (C=O) groups excluding carboxylic acids is 1. The lowest BCUT2D eigenvalue weighted by Gasteiger charge is -2.18. The molecule has 1 atom stereocenters. The van der Waals surface area contributed by atoms with E-state index in [4.69, 9.17) is 4.74 Å². The number of benzene rings is 1. The highest BCUT2D eigenvalue weighted by atomic mass is 32.2. The first kappa shape index (κ1) is 15.1. The molecule has 0 aliphatic heterocycles. The molecule has 0 saturated heterocycles. The smallest absolute Gasteiger partial charge is 0.323 e. The molecule has 1 N–H and O–H groups in total. The Balaban J connectivity index is 2.40. The van der Waals surface area contributed by atoms with E-state index >= 15 is 0 Å². The molecule has 100 valence electrons. The van der Waals surface area contributed by atoms with Crippen molar-refractivity contribution in [2.24, 2.45) is 0 Å². The molecule has 0 heterocycles. The Hall–Kier alpha value is -1.00. The highest BCUT2D eigenvalue weighted by molar-refractivity contribution is 7.98. The number of ether oxygens (including phenoxy) is 1. The molecule has 0 bridgehead atoms. The minimum absolute atomic E-state index is 0.190. The molecule has 1 aromatic rings. The molecular formula is C14H21NO2S. The molecule has 0 aliphatic carbocycles. The Labute approximate surface area is 113 Å². The summed E-state index contributed by atoms with van der Waals surface area (Å²) < 4.78 is 4.80. The minimum atomic E-state index is -0.233. The maximum atomic E-state index is 11.6. The topological polar surface area (TPSA) is 38.3 Å². The molecule has 0 aromatic heterocycles. The normalized spacial score (nSPS) is 12.4. The van der Waals surface area contributed by atoms with Crippen LogP contribution in [0.3, 0.4) is 0 Å². The molecule has 3 nitrogen and oxygen atoms in total. The molecule has 0 fully saturated rings. The highest BCUT2D eigenvalue weighted by Crippen LogP contribution is 2.13. The van der Waals surface area contributed by atoms with E-state index in [9.17, 15) is 4.79 Å². The first-order valence-corrected chi connectivity index (χ1v) is 7.24. The fourth-order valence-electron chi connectivity index (χ4n) is 1.60. The molecule has 1 rings (SSSR count). The first-order chi connectivity index (χ1) is 8.63. The number of thioether (sulfide) groups is 1. The molecule has 0 aliphatic rings. The van der Waals surface area contributed by atoms with Crippen molar-refractivity contribution in [3.63, 3.8) is 0 Å². The number of methoxy groups -OCH3 is 1. The number of carbonyl (C=O) groups is 1. The predicted molar refractivity (Wildman–Crippen MR) is 76.7 cm³/mol. The average molecular weight is 267 g/mol. The van der Waals surface area contributed by atoms with E-state index in [2.05, 4.69) is 17.4 Å². The number of nitrogens with one attached hydrogen (secondary N) is 1. The zero-order valence-corrected chi connectivity index (χ0v) is 12.0. The van der Waals surface area contributed by atoms with E-state index in [0.717, 1.165) is 11.5 Å². The van der Waals surface area contributed by atoms with Gasteiger partial charge in [-0.1, -0.05) is 44.2 Å². The maximum Gasteiger partial charge on any atom is 0.323 e. The van der Waals surface area contributed by atoms with Crippen LogP contribution >= 0.6 is 11.8 Å². The number of rotatable bonds is 7. The lowest BCUT2D eigenvalue weighted by molar-refractivity contribution is -0.142. The van der Waals surface area contributed by atoms with E-state index in [-0.39, 0.29) is 18.1 Å². The molecule has 0 spiro atoms. The van der Waals surface area contributed by atoms with Crippen LogP contribution in [0, 0.1) is 0 Å². The lowest BCUT2D eigenvalue weighted by Crippen LogP contribution is -2.43. The molecular weight excluding hydrogens is 246 g/mol. The van der Waals surface area contributed by atoms with Gasteiger partial charge < -0.3 is 10.1 Å². The van der Waals surface area contributed by atoms with Gasteiger partial charge in [0, 0.05) is 17.5 Å². The minimum Gasteiger partial charge on any atom is -0.468 e. The fourth-order valence-corrected chi connectivity index (χ4v) is 2.61. The highest BCUT2D eigenvalue weighted by Gasteiger charge is 2.19. The Morgan fingerprint density at radius 2 is 2.00 bits per heavy atom. The van der Waals surface area contributed by atoms with Crippen molar-refractivity contribution < 1.29 is 9.53 Å². The van der Waals surface area contributed by atoms with Crippen LogP contribution < -0.4 is 5.32 Å². The van der Waals surface area contributed by atoms with Crippen molar-refractivity contribution in [3.05, 3.63) is 35.9 Å². The van der Waals surface area contributed by atoms with Gasteiger partial charge in [0.25, 0.3) is 0 Å². The second-order valence-corrected chi connectivity index (χ2v) is 5.43. The van der Waals surface area contributed by atoms with Gasteiger partial charge in [0.2, 0.25) is 0 Å². The van der Waals surface area contributed by atoms with Crippen LogP contribution in [-0.2, 0) is 15.3 Å². The number of hydrogen-bond acceptors (Lipinski definition) is 4. The standard InChI is InChI=1S/C14H21NO2S/c1-11(2)15-13(14(16)17-3)10-18-9-12-7-5-4-6-8-12/h4-8,11,13,15H,9-10H2,1-3H3. The van der Waals surface area contributed by atoms with Crippen molar-refractivity contribution in [1.29, 1.82) is 0 Å². The van der Waals surface area contributed by atoms with Crippen molar-refractivity contribution >= 4 is 17.7 Å². The lowest BCUT2D eigenvalue weighted by atomic mass is 10.2. The van der Waals surface area contributed by atoms with Crippen LogP contribution in [0.25, 0.3) is 0 Å². The third kappa shape index (κ3) is 5.56. The van der Waals surface area contributed by atoms with Crippen molar-refractivity contribution in [1.82, 2.24) is 5.32 Å². The Kier molecular flexibility index (Phi) is 6.83. The zero-order valence-electron chi connectivity index (χ0n) is 11.2. The quantitative estimate of drug-likeness (QED) is 0.770. The van der Waals surface area contributed by atoms with E-state index < -0.39 is 0 Å². The number of hydrogen-bond donors (Lipinski definition) is 1. The van der Waals surface area contributed by atoms with Gasteiger partial charge in [0.1, 0.15) is 6.04 Å². The van der Waals surface area contributed by atoms with Gasteiger partial charge >= 0.3 is 5.97 Å². The summed E-state index contributed by atoms with van der Waals surface area (Å²) in [6.07, 6.45) is 0. The Morgan fingerprint density at radius 3 is 2.56 bits per heavy atom. The molecule has 4 heteroatoms. The monoisotopic (exact) mass is 267 g/mol. The van der Waals surface area contributed by atoms with Gasteiger partial charge in [-0.05, 0) is 5.56 Å². The molecule has 0 saturated carbocycles. The average Bonchev–Trinajstić information content (AvgIpc) is 2.37. The van der Waals surface area contributed by atoms with E-state index in [0.29, 0.717) is 0 Å². The summed E-state index contributed by atoms with van der Waals surface area (Å²) in [5.74, 6) is 1.44. The number of esters is 1. The second-order valence-electron chi connectivity index (χ2n) is 4.40. The third-order valence-corrected chi connectivity index (χ3v) is 3.52. The van der Waals surface area contributed by atoms with Gasteiger partial charge in [-0.15, -0.1) is 0 Å². The molecule has 18 heavy (non-hydrogen) atoms. The SMILES string of the molecule is COC(=O)C(CSCc1ccccc1)NC(C)C. The van der Waals surface area contributed by atoms with Crippen LogP contribution in [0.5, 0.6) is 0 Å². The zero-order chi connectivity index (χ0) is 13.4. The van der Waals surface area contributed by atoms with Gasteiger partial charge in [-0.3, -0.25) is 4.79 Å². The summed E-state index contributed by atoms with van der Waals surface area (Å²) >= 11 is 1.74. The van der Waals surface area contributed by atoms with Gasteiger partial charge in [0.05, 0.1) is 7.11 Å². The summed E-state index contributed by atoms with van der Waals surface area (Å²) in [7, 11) is 1.43. The Bertz CT molecular complexity index is 354. The Morgan fingerprint density at radius 1 is 1.33 bits per heavy atom. The largest absolute Gasteiger partial charge is 0.468 e. The summed E-state index contributed by atoms with van der Waals surface area (Å²) in [6.45, 7) is 4.05. The second kappa shape index (κ2) is 8.16. The van der Waals surface area contributed by atoms with Gasteiger partial charge in [-0.25, -0.2) is 0 Å². The van der Waals surface area contributed by atoms with Crippen LogP contribution in [0.2, 0.25) is 0 Å². The van der Waals surface area contributed by atoms with Crippen molar-refractivity contribution in [2.45, 2.75) is 31.7 Å². The van der Waals surface area contributed by atoms with Gasteiger partial charge in [-0.2, -0.15) is 11.8 Å².